The molecular formula is C23H32F2O3. The zero-order valence-corrected chi connectivity index (χ0v) is 17.0. The first kappa shape index (κ1) is 21.1. The van der Waals surface area contributed by atoms with Crippen LogP contribution in [-0.2, 0) is 4.74 Å². The third-order valence-corrected chi connectivity index (χ3v) is 6.10. The van der Waals surface area contributed by atoms with Crippen LogP contribution >= 0.6 is 0 Å². The average Bonchev–Trinajstić information content (AvgIpc) is 2.72. The van der Waals surface area contributed by atoms with E-state index < -0.39 is 11.6 Å². The van der Waals surface area contributed by atoms with Crippen LogP contribution in [0.2, 0.25) is 0 Å². The molecule has 1 aliphatic heterocycles. The molecule has 2 fully saturated rings. The summed E-state index contributed by atoms with van der Waals surface area (Å²) in [6.07, 6.45) is 11.3. The lowest BCUT2D eigenvalue weighted by Gasteiger charge is -2.37. The van der Waals surface area contributed by atoms with E-state index in [2.05, 4.69) is 12.2 Å². The Kier molecular flexibility index (Phi) is 7.72. The van der Waals surface area contributed by atoms with Crippen molar-refractivity contribution in [1.29, 1.82) is 0 Å². The molecule has 0 aromatic heterocycles. The van der Waals surface area contributed by atoms with Gasteiger partial charge in [0.05, 0.1) is 25.9 Å². The first-order valence-corrected chi connectivity index (χ1v) is 10.6. The molecule has 2 aliphatic rings. The van der Waals surface area contributed by atoms with E-state index in [1.807, 2.05) is 6.92 Å². The summed E-state index contributed by atoms with van der Waals surface area (Å²) in [6.45, 7) is 5.35. The van der Waals surface area contributed by atoms with Crippen molar-refractivity contribution in [3.05, 3.63) is 35.9 Å². The molecule has 28 heavy (non-hydrogen) atoms. The van der Waals surface area contributed by atoms with E-state index in [-0.39, 0.29) is 17.6 Å². The Labute approximate surface area is 167 Å². The number of rotatable bonds is 7. The molecule has 0 N–H and O–H groups in total. The lowest BCUT2D eigenvalue weighted by molar-refractivity contribution is -0.0178. The SMILES string of the molecule is C/C=C/C1CCC(C2CCC(COc3ccc(OCC)c(F)c3F)CC2)CO1. The van der Waals surface area contributed by atoms with Crippen molar-refractivity contribution in [2.75, 3.05) is 19.8 Å². The van der Waals surface area contributed by atoms with E-state index in [4.69, 9.17) is 14.2 Å². The highest BCUT2D eigenvalue weighted by atomic mass is 19.2. The largest absolute Gasteiger partial charge is 0.491 e. The summed E-state index contributed by atoms with van der Waals surface area (Å²) in [5.74, 6) is -0.279. The van der Waals surface area contributed by atoms with Crippen molar-refractivity contribution in [3.63, 3.8) is 0 Å². The topological polar surface area (TPSA) is 27.7 Å². The highest BCUT2D eigenvalue weighted by Gasteiger charge is 2.31. The quantitative estimate of drug-likeness (QED) is 0.537. The maximum Gasteiger partial charge on any atom is 0.204 e. The minimum atomic E-state index is -0.975. The standard InChI is InChI=1S/C23H32F2O3/c1-3-5-19-11-10-18(15-27-19)17-8-6-16(7-9-17)14-28-21-13-12-20(26-4-2)22(24)23(21)25/h3,5,12-13,16-19H,4,6-11,14-15H2,1-2H3/b5-3+. The average molecular weight is 395 g/mol. The molecule has 0 radical (unpaired) electrons. The molecule has 0 amide bonds. The van der Waals surface area contributed by atoms with Crippen LogP contribution < -0.4 is 9.47 Å². The second-order valence-corrected chi connectivity index (χ2v) is 7.95. The number of ether oxygens (including phenoxy) is 3. The molecule has 1 aromatic rings. The third kappa shape index (κ3) is 5.25. The van der Waals surface area contributed by atoms with Gasteiger partial charge in [-0.15, -0.1) is 0 Å². The molecule has 5 heteroatoms. The van der Waals surface area contributed by atoms with Crippen molar-refractivity contribution in [2.24, 2.45) is 17.8 Å². The monoisotopic (exact) mass is 394 g/mol. The van der Waals surface area contributed by atoms with Crippen LogP contribution in [-0.4, -0.2) is 25.9 Å². The summed E-state index contributed by atoms with van der Waals surface area (Å²) >= 11 is 0. The van der Waals surface area contributed by atoms with Crippen LogP contribution in [0.1, 0.15) is 52.4 Å². The summed E-state index contributed by atoms with van der Waals surface area (Å²) < 4.78 is 44.7. The smallest absolute Gasteiger partial charge is 0.204 e. The predicted octanol–water partition coefficient (Wildman–Crippen LogP) is 5.92. The Morgan fingerprint density at radius 3 is 2.18 bits per heavy atom. The maximum absolute atomic E-state index is 14.1. The lowest BCUT2D eigenvalue weighted by Crippen LogP contribution is -2.32. The number of allylic oxidation sites excluding steroid dienone is 1. The van der Waals surface area contributed by atoms with Gasteiger partial charge < -0.3 is 14.2 Å². The summed E-state index contributed by atoms with van der Waals surface area (Å²) in [5.41, 5.74) is 0. The van der Waals surface area contributed by atoms with Gasteiger partial charge in [0.25, 0.3) is 0 Å². The fourth-order valence-corrected chi connectivity index (χ4v) is 4.46. The Bertz CT molecular complexity index is 645. The Hall–Kier alpha value is -1.62. The summed E-state index contributed by atoms with van der Waals surface area (Å²) in [7, 11) is 0. The van der Waals surface area contributed by atoms with Gasteiger partial charge in [0.15, 0.2) is 11.5 Å². The predicted molar refractivity (Wildman–Crippen MR) is 106 cm³/mol. The van der Waals surface area contributed by atoms with Crippen LogP contribution in [0.15, 0.2) is 24.3 Å². The molecule has 2 atom stereocenters. The van der Waals surface area contributed by atoms with Gasteiger partial charge in [-0.25, -0.2) is 0 Å². The second kappa shape index (κ2) is 10.2. The third-order valence-electron chi connectivity index (χ3n) is 6.10. The van der Waals surface area contributed by atoms with Crippen molar-refractivity contribution < 1.29 is 23.0 Å². The fraction of sp³-hybridized carbons (Fsp3) is 0.652. The van der Waals surface area contributed by atoms with Gasteiger partial charge in [0.2, 0.25) is 11.6 Å². The van der Waals surface area contributed by atoms with Gasteiger partial charge in [-0.2, -0.15) is 8.78 Å². The first-order valence-electron chi connectivity index (χ1n) is 10.6. The molecule has 3 rings (SSSR count). The molecule has 1 aromatic carbocycles. The number of halogens is 2. The fourth-order valence-electron chi connectivity index (χ4n) is 4.46. The van der Waals surface area contributed by atoms with Crippen LogP contribution in [0.5, 0.6) is 11.5 Å². The van der Waals surface area contributed by atoms with Crippen molar-refractivity contribution in [2.45, 2.75) is 58.5 Å². The molecule has 1 heterocycles. The maximum atomic E-state index is 14.1. The zero-order valence-electron chi connectivity index (χ0n) is 17.0. The van der Waals surface area contributed by atoms with Crippen LogP contribution in [0, 0.1) is 29.4 Å². The summed E-state index contributed by atoms with van der Waals surface area (Å²) in [5, 5.41) is 0. The highest BCUT2D eigenvalue weighted by molar-refractivity contribution is 5.35. The summed E-state index contributed by atoms with van der Waals surface area (Å²) in [4.78, 5) is 0. The number of hydrogen-bond acceptors (Lipinski definition) is 3. The van der Waals surface area contributed by atoms with E-state index in [1.165, 1.54) is 18.6 Å². The molecule has 156 valence electrons. The Morgan fingerprint density at radius 1 is 0.964 bits per heavy atom. The van der Waals surface area contributed by atoms with E-state index in [1.54, 1.807) is 6.92 Å². The molecule has 0 bridgehead atoms. The summed E-state index contributed by atoms with van der Waals surface area (Å²) in [6, 6.07) is 2.88. The minimum absolute atomic E-state index is 0.0289. The molecule has 1 saturated heterocycles. The van der Waals surface area contributed by atoms with Gasteiger partial charge >= 0.3 is 0 Å². The number of benzene rings is 1. The molecular weight excluding hydrogens is 362 g/mol. The van der Waals surface area contributed by atoms with Gasteiger partial charge in [0, 0.05) is 0 Å². The van der Waals surface area contributed by atoms with Crippen molar-refractivity contribution in [3.8, 4) is 11.5 Å². The number of hydrogen-bond donors (Lipinski definition) is 0. The van der Waals surface area contributed by atoms with Crippen LogP contribution in [0.25, 0.3) is 0 Å². The normalized spacial score (nSPS) is 28.4. The molecule has 2 unspecified atom stereocenters. The first-order chi connectivity index (χ1) is 13.6. The van der Waals surface area contributed by atoms with E-state index >= 15 is 0 Å². The molecule has 3 nitrogen and oxygen atoms in total. The van der Waals surface area contributed by atoms with Crippen molar-refractivity contribution >= 4 is 0 Å². The van der Waals surface area contributed by atoms with Gasteiger partial charge in [0.1, 0.15) is 0 Å². The van der Waals surface area contributed by atoms with Gasteiger partial charge in [-0.1, -0.05) is 12.2 Å². The Morgan fingerprint density at radius 2 is 1.61 bits per heavy atom. The lowest BCUT2D eigenvalue weighted by atomic mass is 9.74. The van der Waals surface area contributed by atoms with Crippen molar-refractivity contribution in [1.82, 2.24) is 0 Å². The minimum Gasteiger partial charge on any atom is -0.491 e. The zero-order chi connectivity index (χ0) is 19.9. The molecule has 0 spiro atoms. The van der Waals surface area contributed by atoms with Crippen LogP contribution in [0.3, 0.4) is 0 Å². The van der Waals surface area contributed by atoms with Gasteiger partial charge in [-0.3, -0.25) is 0 Å². The van der Waals surface area contributed by atoms with E-state index in [0.717, 1.165) is 38.7 Å². The molecule has 1 saturated carbocycles. The highest BCUT2D eigenvalue weighted by Crippen LogP contribution is 2.38. The molecule has 1 aliphatic carbocycles. The van der Waals surface area contributed by atoms with Crippen LogP contribution in [0.4, 0.5) is 8.78 Å². The second-order valence-electron chi connectivity index (χ2n) is 7.95. The van der Waals surface area contributed by atoms with E-state index in [0.29, 0.717) is 31.0 Å². The van der Waals surface area contributed by atoms with Gasteiger partial charge in [-0.05, 0) is 82.3 Å². The van der Waals surface area contributed by atoms with E-state index in [9.17, 15) is 8.78 Å². The Balaban J connectivity index is 1.43.